The monoisotopic (exact) mass is 471 g/mol. The van der Waals surface area contributed by atoms with Crippen molar-refractivity contribution in [2.45, 2.75) is 55.6 Å². The lowest BCUT2D eigenvalue weighted by molar-refractivity contribution is -0.119. The van der Waals surface area contributed by atoms with Crippen molar-refractivity contribution in [2.24, 2.45) is 0 Å². The van der Waals surface area contributed by atoms with Gasteiger partial charge >= 0.3 is 0 Å². The van der Waals surface area contributed by atoms with Crippen molar-refractivity contribution in [3.8, 4) is 0 Å². The van der Waals surface area contributed by atoms with Crippen molar-refractivity contribution in [2.75, 3.05) is 35.4 Å². The number of hydrogen-bond donors (Lipinski definition) is 2. The minimum atomic E-state index is -3.54. The van der Waals surface area contributed by atoms with E-state index in [9.17, 15) is 13.2 Å². The van der Waals surface area contributed by atoms with Crippen molar-refractivity contribution >= 4 is 38.9 Å². The fourth-order valence-corrected chi connectivity index (χ4v) is 5.84. The molecule has 2 aliphatic heterocycles. The van der Waals surface area contributed by atoms with Crippen LogP contribution in [0.25, 0.3) is 0 Å². The molecule has 1 aliphatic carbocycles. The maximum atomic E-state index is 12.9. The first-order valence-corrected chi connectivity index (χ1v) is 12.9. The van der Waals surface area contributed by atoms with Gasteiger partial charge in [-0.05, 0) is 62.9 Å². The molecule has 1 saturated heterocycles. The summed E-state index contributed by atoms with van der Waals surface area (Å²) in [6.07, 6.45) is 3.45. The van der Waals surface area contributed by atoms with E-state index in [1.54, 1.807) is 30.1 Å². The van der Waals surface area contributed by atoms with Crippen LogP contribution in [0.15, 0.2) is 41.3 Å². The highest BCUT2D eigenvalue weighted by atomic mass is 32.2. The van der Waals surface area contributed by atoms with Gasteiger partial charge in [-0.1, -0.05) is 6.07 Å². The molecule has 176 valence electrons. The first kappa shape index (κ1) is 22.1. The number of fused-ring (bicyclic) bond motifs is 1. The standard InChI is InChI=1S/C23H29N5O4S/c1-15-23(29)27(2)20-8-9-21(25-22(20)28(15)18-10-12-32-13-11-18)24-17-4-3-5-19(14-17)33(30,31)26-16-6-7-16/h3-5,8-9,14-16,18,26H,6-7,10-13H2,1-2H3,(H,24,25)/t15-/m1/s1. The summed E-state index contributed by atoms with van der Waals surface area (Å²) in [6, 6.07) is 10.3. The largest absolute Gasteiger partial charge is 0.381 e. The van der Waals surface area contributed by atoms with Crippen LogP contribution in [0.3, 0.4) is 0 Å². The zero-order valence-electron chi connectivity index (χ0n) is 18.8. The summed E-state index contributed by atoms with van der Waals surface area (Å²) in [6.45, 7) is 3.25. The van der Waals surface area contributed by atoms with E-state index in [1.165, 1.54) is 0 Å². The number of benzene rings is 1. The Bertz CT molecular complexity index is 1160. The number of carbonyl (C=O) groups is 1. The molecule has 0 unspecified atom stereocenters. The average Bonchev–Trinajstić information content (AvgIpc) is 3.62. The van der Waals surface area contributed by atoms with Gasteiger partial charge in [0.25, 0.3) is 0 Å². The van der Waals surface area contributed by atoms with Crippen LogP contribution in [0.5, 0.6) is 0 Å². The summed E-state index contributed by atoms with van der Waals surface area (Å²) < 4.78 is 33.4. The summed E-state index contributed by atoms with van der Waals surface area (Å²) in [7, 11) is -1.77. The molecule has 2 aromatic rings. The van der Waals surface area contributed by atoms with Gasteiger partial charge in [0.1, 0.15) is 11.9 Å². The summed E-state index contributed by atoms with van der Waals surface area (Å²) in [4.78, 5) is 21.7. The summed E-state index contributed by atoms with van der Waals surface area (Å²) in [5.74, 6) is 1.38. The van der Waals surface area contributed by atoms with Gasteiger partial charge < -0.3 is 19.9 Å². The number of amides is 1. The Hall–Kier alpha value is -2.69. The molecule has 10 heteroatoms. The van der Waals surface area contributed by atoms with Crippen molar-refractivity contribution in [3.05, 3.63) is 36.4 Å². The number of anilines is 4. The molecule has 0 bridgehead atoms. The Kier molecular flexibility index (Phi) is 5.75. The highest BCUT2D eigenvalue weighted by Gasteiger charge is 2.39. The smallest absolute Gasteiger partial charge is 0.249 e. The molecule has 1 saturated carbocycles. The van der Waals surface area contributed by atoms with Gasteiger partial charge in [0.15, 0.2) is 5.82 Å². The van der Waals surface area contributed by atoms with E-state index in [0.29, 0.717) is 24.7 Å². The predicted octanol–water partition coefficient (Wildman–Crippen LogP) is 2.62. The van der Waals surface area contributed by atoms with Gasteiger partial charge in [-0.15, -0.1) is 0 Å². The molecule has 33 heavy (non-hydrogen) atoms. The Morgan fingerprint density at radius 2 is 1.85 bits per heavy atom. The Labute approximate surface area is 194 Å². The Morgan fingerprint density at radius 3 is 2.58 bits per heavy atom. The van der Waals surface area contributed by atoms with Crippen LogP contribution in [0, 0.1) is 0 Å². The third-order valence-electron chi connectivity index (χ3n) is 6.47. The van der Waals surface area contributed by atoms with Gasteiger partial charge in [-0.25, -0.2) is 18.1 Å². The number of hydrogen-bond acceptors (Lipinski definition) is 7. The van der Waals surface area contributed by atoms with Crippen LogP contribution in [0.1, 0.15) is 32.6 Å². The number of rotatable bonds is 6. The minimum absolute atomic E-state index is 0.0394. The van der Waals surface area contributed by atoms with Crippen LogP contribution >= 0.6 is 0 Å². The molecule has 0 radical (unpaired) electrons. The summed E-state index contributed by atoms with van der Waals surface area (Å²) in [5.41, 5.74) is 1.40. The number of aromatic nitrogens is 1. The number of pyridine rings is 1. The minimum Gasteiger partial charge on any atom is -0.381 e. The quantitative estimate of drug-likeness (QED) is 0.667. The van der Waals surface area contributed by atoms with E-state index >= 15 is 0 Å². The molecule has 2 fully saturated rings. The van der Waals surface area contributed by atoms with Gasteiger partial charge in [0.05, 0.1) is 10.6 Å². The van der Waals surface area contributed by atoms with Gasteiger partial charge in [0.2, 0.25) is 15.9 Å². The normalized spacial score (nSPS) is 21.8. The molecular weight excluding hydrogens is 442 g/mol. The lowest BCUT2D eigenvalue weighted by Gasteiger charge is -2.44. The van der Waals surface area contributed by atoms with E-state index in [2.05, 4.69) is 14.9 Å². The van der Waals surface area contributed by atoms with E-state index in [4.69, 9.17) is 9.72 Å². The first-order chi connectivity index (χ1) is 15.8. The number of ether oxygens (including phenoxy) is 1. The second-order valence-electron chi connectivity index (χ2n) is 8.91. The maximum absolute atomic E-state index is 12.9. The zero-order chi connectivity index (χ0) is 23.2. The molecule has 9 nitrogen and oxygen atoms in total. The van der Waals surface area contributed by atoms with Gasteiger partial charge in [0, 0.05) is 38.0 Å². The molecule has 2 N–H and O–H groups in total. The van der Waals surface area contributed by atoms with E-state index in [-0.39, 0.29) is 28.9 Å². The SMILES string of the molecule is C[C@@H]1C(=O)N(C)c2ccc(Nc3cccc(S(=O)(=O)NC4CC4)c3)nc2N1C1CCOCC1. The topological polar surface area (TPSA) is 104 Å². The summed E-state index contributed by atoms with van der Waals surface area (Å²) in [5, 5.41) is 3.24. The maximum Gasteiger partial charge on any atom is 0.249 e. The van der Waals surface area contributed by atoms with Crippen molar-refractivity contribution < 1.29 is 17.9 Å². The first-order valence-electron chi connectivity index (χ1n) is 11.4. The number of nitrogens with one attached hydrogen (secondary N) is 2. The lowest BCUT2D eigenvalue weighted by atomic mass is 10.0. The fraction of sp³-hybridized carbons (Fsp3) is 0.478. The third-order valence-corrected chi connectivity index (χ3v) is 7.98. The number of nitrogens with zero attached hydrogens (tertiary/aromatic N) is 3. The van der Waals surface area contributed by atoms with E-state index < -0.39 is 10.0 Å². The second-order valence-corrected chi connectivity index (χ2v) is 10.6. The van der Waals surface area contributed by atoms with Crippen LogP contribution in [0.2, 0.25) is 0 Å². The van der Waals surface area contributed by atoms with Crippen molar-refractivity contribution in [1.82, 2.24) is 9.71 Å². The zero-order valence-corrected chi connectivity index (χ0v) is 19.6. The third kappa shape index (κ3) is 4.42. The molecule has 1 atom stereocenters. The van der Waals surface area contributed by atoms with Crippen LogP contribution in [0.4, 0.5) is 23.0 Å². The molecule has 3 heterocycles. The van der Waals surface area contributed by atoms with Crippen LogP contribution in [-0.2, 0) is 19.6 Å². The molecule has 1 aromatic heterocycles. The number of likely N-dealkylation sites (N-methyl/N-ethyl adjacent to an activating group) is 1. The molecule has 3 aliphatic rings. The van der Waals surface area contributed by atoms with E-state index in [0.717, 1.165) is 37.2 Å². The van der Waals surface area contributed by atoms with Crippen molar-refractivity contribution in [1.29, 1.82) is 0 Å². The highest BCUT2D eigenvalue weighted by molar-refractivity contribution is 7.89. The Balaban J connectivity index is 1.44. The predicted molar refractivity (Wildman–Crippen MR) is 126 cm³/mol. The van der Waals surface area contributed by atoms with Gasteiger partial charge in [-0.2, -0.15) is 0 Å². The highest BCUT2D eigenvalue weighted by Crippen LogP contribution is 2.38. The second kappa shape index (κ2) is 8.58. The van der Waals surface area contributed by atoms with E-state index in [1.807, 2.05) is 25.1 Å². The summed E-state index contributed by atoms with van der Waals surface area (Å²) >= 11 is 0. The fourth-order valence-electron chi connectivity index (χ4n) is 4.49. The molecule has 1 aromatic carbocycles. The van der Waals surface area contributed by atoms with Gasteiger partial charge in [-0.3, -0.25) is 4.79 Å². The Morgan fingerprint density at radius 1 is 1.09 bits per heavy atom. The van der Waals surface area contributed by atoms with Crippen LogP contribution < -0.4 is 19.8 Å². The molecule has 5 rings (SSSR count). The van der Waals surface area contributed by atoms with Crippen molar-refractivity contribution in [3.63, 3.8) is 0 Å². The molecular formula is C23H29N5O4S. The number of sulfonamides is 1. The lowest BCUT2D eigenvalue weighted by Crippen LogP contribution is -2.56. The molecule has 0 spiro atoms. The van der Waals surface area contributed by atoms with Crippen LogP contribution in [-0.4, -0.2) is 57.7 Å². The number of carbonyl (C=O) groups excluding carboxylic acids is 1. The average molecular weight is 472 g/mol. The molecule has 1 amide bonds.